The monoisotopic (exact) mass is 480 g/mol. The van der Waals surface area contributed by atoms with Crippen LogP contribution in [0.15, 0.2) is 48.5 Å². The highest BCUT2D eigenvalue weighted by Gasteiger charge is 2.32. The summed E-state index contributed by atoms with van der Waals surface area (Å²) in [5.74, 6) is -1.41. The molecular weight excluding hydrogens is 448 g/mol. The number of aliphatic carboxylic acids is 1. The molecule has 8 heteroatoms. The molecule has 0 saturated heterocycles. The topological polar surface area (TPSA) is 114 Å². The van der Waals surface area contributed by atoms with Crippen LogP contribution in [0.1, 0.15) is 49.1 Å². The van der Waals surface area contributed by atoms with E-state index in [0.717, 1.165) is 47.9 Å². The van der Waals surface area contributed by atoms with E-state index in [2.05, 4.69) is 22.8 Å². The normalized spacial score (nSPS) is 16.7. The van der Waals surface area contributed by atoms with Gasteiger partial charge in [0.1, 0.15) is 12.6 Å². The number of hydrogen-bond donors (Lipinski definition) is 3. The molecule has 0 radical (unpaired) electrons. The van der Waals surface area contributed by atoms with E-state index < -0.39 is 30.1 Å². The van der Waals surface area contributed by atoms with Gasteiger partial charge in [0.15, 0.2) is 0 Å². The minimum atomic E-state index is -0.992. The fraction of sp³-hybridized carbons (Fsp3) is 0.444. The number of benzene rings is 2. The lowest BCUT2D eigenvalue weighted by Gasteiger charge is -2.26. The van der Waals surface area contributed by atoms with E-state index in [1.54, 1.807) is 0 Å². The third-order valence-electron chi connectivity index (χ3n) is 6.98. The van der Waals surface area contributed by atoms with Crippen molar-refractivity contribution in [3.63, 3.8) is 0 Å². The van der Waals surface area contributed by atoms with E-state index >= 15 is 0 Å². The molecule has 0 heterocycles. The van der Waals surface area contributed by atoms with Gasteiger partial charge in [0, 0.05) is 19.1 Å². The lowest BCUT2D eigenvalue weighted by molar-refractivity contribution is -0.138. The fourth-order valence-corrected chi connectivity index (χ4v) is 5.30. The smallest absolute Gasteiger partial charge is 0.407 e. The van der Waals surface area contributed by atoms with E-state index in [9.17, 15) is 19.5 Å². The molecule has 2 aliphatic rings. The summed E-state index contributed by atoms with van der Waals surface area (Å²) in [5, 5.41) is 14.7. The van der Waals surface area contributed by atoms with Crippen LogP contribution in [0.5, 0.6) is 0 Å². The number of fused-ring (bicyclic) bond motifs is 3. The first-order chi connectivity index (χ1) is 17.0. The van der Waals surface area contributed by atoms with Crippen molar-refractivity contribution in [2.75, 3.05) is 20.3 Å². The number of rotatable bonds is 10. The predicted octanol–water partition coefficient (Wildman–Crippen LogP) is 3.69. The molecule has 0 bridgehead atoms. The molecule has 2 unspecified atom stereocenters. The molecule has 8 nitrogen and oxygen atoms in total. The summed E-state index contributed by atoms with van der Waals surface area (Å²) in [5.41, 5.74) is 4.46. The lowest BCUT2D eigenvalue weighted by atomic mass is 9.95. The van der Waals surface area contributed by atoms with Gasteiger partial charge in [-0.1, -0.05) is 61.4 Å². The van der Waals surface area contributed by atoms with E-state index in [0.29, 0.717) is 0 Å². The minimum absolute atomic E-state index is 0.0551. The van der Waals surface area contributed by atoms with Gasteiger partial charge >= 0.3 is 12.1 Å². The number of carboxylic acids is 1. The van der Waals surface area contributed by atoms with Gasteiger partial charge in [0.05, 0.1) is 13.0 Å². The largest absolute Gasteiger partial charge is 0.481 e. The molecule has 0 aromatic heterocycles. The molecule has 0 aliphatic heterocycles. The molecule has 1 fully saturated rings. The summed E-state index contributed by atoms with van der Waals surface area (Å²) in [4.78, 5) is 37.0. The molecule has 2 aliphatic carbocycles. The molecule has 2 aromatic rings. The van der Waals surface area contributed by atoms with Gasteiger partial charge in [-0.05, 0) is 41.0 Å². The molecule has 35 heavy (non-hydrogen) atoms. The highest BCUT2D eigenvalue weighted by molar-refractivity contribution is 5.86. The summed E-state index contributed by atoms with van der Waals surface area (Å²) in [6, 6.07) is 14.6. The van der Waals surface area contributed by atoms with Crippen LogP contribution in [0.3, 0.4) is 0 Å². The maximum Gasteiger partial charge on any atom is 0.407 e. The molecular formula is C27H32N2O6. The van der Waals surface area contributed by atoms with Gasteiger partial charge in [-0.25, -0.2) is 4.79 Å². The summed E-state index contributed by atoms with van der Waals surface area (Å²) >= 11 is 0. The van der Waals surface area contributed by atoms with Crippen molar-refractivity contribution in [1.29, 1.82) is 0 Å². The van der Waals surface area contributed by atoms with E-state index in [1.165, 1.54) is 7.11 Å². The number of amides is 2. The molecule has 0 spiro atoms. The second-order valence-electron chi connectivity index (χ2n) is 9.24. The lowest BCUT2D eigenvalue weighted by Crippen LogP contribution is -2.53. The van der Waals surface area contributed by atoms with Crippen molar-refractivity contribution in [3.8, 4) is 11.1 Å². The van der Waals surface area contributed by atoms with Gasteiger partial charge in [-0.15, -0.1) is 0 Å². The van der Waals surface area contributed by atoms with E-state index in [-0.39, 0.29) is 31.5 Å². The number of hydrogen-bond acceptors (Lipinski definition) is 5. The first-order valence-corrected chi connectivity index (χ1v) is 12.1. The van der Waals surface area contributed by atoms with Crippen molar-refractivity contribution >= 4 is 18.0 Å². The van der Waals surface area contributed by atoms with Crippen molar-refractivity contribution in [3.05, 3.63) is 59.7 Å². The van der Waals surface area contributed by atoms with Crippen LogP contribution < -0.4 is 10.6 Å². The third-order valence-corrected chi connectivity index (χ3v) is 6.98. The zero-order chi connectivity index (χ0) is 24.8. The Balaban J connectivity index is 1.38. The van der Waals surface area contributed by atoms with Crippen LogP contribution in [0.25, 0.3) is 11.1 Å². The van der Waals surface area contributed by atoms with Crippen LogP contribution in [-0.2, 0) is 19.1 Å². The number of nitrogens with one attached hydrogen (secondary N) is 2. The van der Waals surface area contributed by atoms with Crippen LogP contribution in [0, 0.1) is 5.92 Å². The second-order valence-corrected chi connectivity index (χ2v) is 9.24. The molecule has 3 N–H and O–H groups in total. The summed E-state index contributed by atoms with van der Waals surface area (Å²) in [6.07, 6.45) is 2.94. The molecule has 4 rings (SSSR count). The number of alkyl carbamates (subject to hydrolysis) is 1. The third kappa shape index (κ3) is 5.82. The van der Waals surface area contributed by atoms with Crippen molar-refractivity contribution in [1.82, 2.24) is 10.6 Å². The molecule has 186 valence electrons. The molecule has 2 atom stereocenters. The van der Waals surface area contributed by atoms with Crippen LogP contribution in [-0.4, -0.2) is 55.5 Å². The SMILES string of the molecule is COCC(NC(=O)OCC1c2ccccc2-c2ccccc21)C(=O)NC(CC(=O)O)C1CCCC1. The minimum Gasteiger partial charge on any atom is -0.481 e. The number of methoxy groups -OCH3 is 1. The van der Waals surface area contributed by atoms with Gasteiger partial charge in [0.2, 0.25) is 5.91 Å². The maximum absolute atomic E-state index is 13.0. The fourth-order valence-electron chi connectivity index (χ4n) is 5.30. The zero-order valence-electron chi connectivity index (χ0n) is 19.9. The molecule has 1 saturated carbocycles. The van der Waals surface area contributed by atoms with Crippen LogP contribution >= 0.6 is 0 Å². The first-order valence-electron chi connectivity index (χ1n) is 12.1. The summed E-state index contributed by atoms with van der Waals surface area (Å²) < 4.78 is 10.7. The Bertz CT molecular complexity index is 1020. The van der Waals surface area contributed by atoms with E-state index in [1.807, 2.05) is 36.4 Å². The summed E-state index contributed by atoms with van der Waals surface area (Å²) in [7, 11) is 1.44. The van der Waals surface area contributed by atoms with Gasteiger partial charge < -0.3 is 25.2 Å². The standard InChI is InChI=1S/C27H32N2O6/c1-34-16-24(26(32)28-23(14-25(30)31)17-8-2-3-9-17)29-27(33)35-15-22-20-12-6-4-10-18(20)19-11-5-7-13-21(19)22/h4-7,10-13,17,22-24H,2-3,8-9,14-16H2,1H3,(H,28,32)(H,29,33)(H,30,31). The van der Waals surface area contributed by atoms with Crippen LogP contribution in [0.4, 0.5) is 4.79 Å². The highest BCUT2D eigenvalue weighted by Crippen LogP contribution is 2.44. The number of carbonyl (C=O) groups is 3. The second kappa shape index (κ2) is 11.4. The quantitative estimate of drug-likeness (QED) is 0.478. The van der Waals surface area contributed by atoms with Gasteiger partial charge in [0.25, 0.3) is 0 Å². The average Bonchev–Trinajstić information content (AvgIpc) is 3.49. The Labute approximate surface area is 205 Å². The van der Waals surface area contributed by atoms with Crippen molar-refractivity contribution in [2.45, 2.75) is 50.1 Å². The van der Waals surface area contributed by atoms with Crippen molar-refractivity contribution in [2.24, 2.45) is 5.92 Å². The van der Waals surface area contributed by atoms with Crippen molar-refractivity contribution < 1.29 is 29.0 Å². The van der Waals surface area contributed by atoms with E-state index in [4.69, 9.17) is 9.47 Å². The van der Waals surface area contributed by atoms with Crippen LogP contribution in [0.2, 0.25) is 0 Å². The zero-order valence-corrected chi connectivity index (χ0v) is 19.9. The Morgan fingerprint density at radius 3 is 2.14 bits per heavy atom. The maximum atomic E-state index is 13.0. The first kappa shape index (κ1) is 24.7. The molecule has 2 amide bonds. The average molecular weight is 481 g/mol. The van der Waals surface area contributed by atoms with Gasteiger partial charge in [-0.2, -0.15) is 0 Å². The van der Waals surface area contributed by atoms with Gasteiger partial charge in [-0.3, -0.25) is 9.59 Å². The Hall–Kier alpha value is -3.39. The number of carboxylic acid groups (broad SMARTS) is 1. The predicted molar refractivity (Wildman–Crippen MR) is 130 cm³/mol. The Kier molecular flexibility index (Phi) is 8.02. The number of ether oxygens (including phenoxy) is 2. The molecule has 2 aromatic carbocycles. The highest BCUT2D eigenvalue weighted by atomic mass is 16.5. The Morgan fingerprint density at radius 2 is 1.57 bits per heavy atom. The number of carbonyl (C=O) groups excluding carboxylic acids is 2. The Morgan fingerprint density at radius 1 is 0.971 bits per heavy atom. The summed E-state index contributed by atoms with van der Waals surface area (Å²) in [6.45, 7) is 0.0748.